The van der Waals surface area contributed by atoms with Gasteiger partial charge in [0, 0.05) is 26.9 Å². The van der Waals surface area contributed by atoms with Crippen molar-refractivity contribution in [2.75, 3.05) is 24.7 Å². The average molecular weight is 453 g/mol. The highest BCUT2D eigenvalue weighted by atomic mass is 16.3. The first kappa shape index (κ1) is 23.8. The van der Waals surface area contributed by atoms with E-state index in [-0.39, 0.29) is 46.5 Å². The Kier molecular flexibility index (Phi) is 7.01. The Hall–Kier alpha value is -3.88. The molecule has 9 heteroatoms. The van der Waals surface area contributed by atoms with Crippen molar-refractivity contribution < 1.29 is 19.1 Å². The number of Topliss-reactive ketones (excluding diaryl/α,β-unsaturated/α-hetero) is 1. The Labute approximate surface area is 190 Å². The maximum absolute atomic E-state index is 12.8. The molecule has 33 heavy (non-hydrogen) atoms. The number of carbonyl (C=O) groups excluding carboxylic acids is 2. The first-order valence-electron chi connectivity index (χ1n) is 10.6. The number of hydrogen-bond donors (Lipinski definition) is 3. The van der Waals surface area contributed by atoms with E-state index < -0.39 is 22.8 Å². The number of nitrogens with zero attached hydrogens (tertiary/aromatic N) is 1. The minimum Gasteiger partial charge on any atom is -0.505 e. The highest BCUT2D eigenvalue weighted by Gasteiger charge is 2.29. The molecule has 0 saturated heterocycles. The van der Waals surface area contributed by atoms with E-state index in [4.69, 9.17) is 4.42 Å². The molecule has 3 rings (SSSR count). The number of rotatable bonds is 10. The van der Waals surface area contributed by atoms with Crippen LogP contribution in [0.5, 0.6) is 5.75 Å². The van der Waals surface area contributed by atoms with Gasteiger partial charge in [0.2, 0.25) is 0 Å². The maximum atomic E-state index is 12.8. The summed E-state index contributed by atoms with van der Waals surface area (Å²) in [6.07, 6.45) is 2.17. The first-order valence-corrected chi connectivity index (χ1v) is 10.6. The monoisotopic (exact) mass is 453 g/mol. The smallest absolute Gasteiger partial charge is 0.257 e. The van der Waals surface area contributed by atoms with Gasteiger partial charge in [-0.2, -0.15) is 0 Å². The zero-order chi connectivity index (χ0) is 24.3. The number of anilines is 3. The van der Waals surface area contributed by atoms with Gasteiger partial charge in [0.1, 0.15) is 17.1 Å². The molecule has 0 fully saturated rings. The zero-order valence-electron chi connectivity index (χ0n) is 19.0. The molecule has 3 aromatic rings. The van der Waals surface area contributed by atoms with Gasteiger partial charge in [-0.3, -0.25) is 19.2 Å². The van der Waals surface area contributed by atoms with Gasteiger partial charge in [-0.15, -0.1) is 0 Å². The van der Waals surface area contributed by atoms with E-state index in [9.17, 15) is 24.3 Å². The van der Waals surface area contributed by atoms with E-state index in [1.54, 1.807) is 32.3 Å². The standard InChI is InChI=1S/C24H27N3O6/c1-13(2)18(17(28)11-10-14-7-6-12-33-14)26-20-19(22(30)23(20)31)25-16-9-5-8-15(21(16)29)24(32)27(3)4/h5-9,12-13,18,25-26,29H,10-11H2,1-4H3/t18-/m1/s1. The molecule has 0 bridgehead atoms. The second-order valence-electron chi connectivity index (χ2n) is 8.35. The maximum Gasteiger partial charge on any atom is 0.257 e. The molecule has 9 nitrogen and oxygen atoms in total. The number of nitrogens with one attached hydrogen (secondary N) is 2. The van der Waals surface area contributed by atoms with E-state index >= 15 is 0 Å². The van der Waals surface area contributed by atoms with Gasteiger partial charge in [0.05, 0.1) is 23.6 Å². The molecular weight excluding hydrogens is 426 g/mol. The summed E-state index contributed by atoms with van der Waals surface area (Å²) in [6.45, 7) is 3.67. The van der Waals surface area contributed by atoms with Crippen molar-refractivity contribution in [3.63, 3.8) is 0 Å². The molecule has 174 valence electrons. The van der Waals surface area contributed by atoms with E-state index in [0.29, 0.717) is 12.2 Å². The van der Waals surface area contributed by atoms with Crippen LogP contribution in [0.2, 0.25) is 0 Å². The largest absolute Gasteiger partial charge is 0.505 e. The molecule has 0 aliphatic heterocycles. The number of furan rings is 1. The zero-order valence-corrected chi connectivity index (χ0v) is 19.0. The number of para-hydroxylation sites is 1. The fraction of sp³-hybridized carbons (Fsp3) is 0.333. The van der Waals surface area contributed by atoms with Crippen LogP contribution in [0.4, 0.5) is 17.1 Å². The quantitative estimate of drug-likeness (QED) is 0.316. The van der Waals surface area contributed by atoms with Crippen molar-refractivity contribution >= 4 is 28.8 Å². The Bertz CT molecular complexity index is 1220. The van der Waals surface area contributed by atoms with Gasteiger partial charge < -0.3 is 25.1 Å². The molecule has 1 atom stereocenters. The Balaban J connectivity index is 1.81. The molecule has 0 unspecified atom stereocenters. The SMILES string of the molecule is CC(C)[C@@H](Nc1c(Nc2cccc(C(=O)N(C)C)c2O)c(=O)c1=O)C(=O)CCc1ccco1. The number of amides is 1. The van der Waals surface area contributed by atoms with Crippen LogP contribution in [-0.4, -0.2) is 41.8 Å². The van der Waals surface area contributed by atoms with Crippen LogP contribution < -0.4 is 21.5 Å². The number of hydrogen-bond acceptors (Lipinski definition) is 8. The van der Waals surface area contributed by atoms with Gasteiger partial charge in [-0.25, -0.2) is 0 Å². The number of phenols is 1. The lowest BCUT2D eigenvalue weighted by Crippen LogP contribution is -2.43. The summed E-state index contributed by atoms with van der Waals surface area (Å²) in [5, 5.41) is 16.2. The van der Waals surface area contributed by atoms with Crippen molar-refractivity contribution in [3.8, 4) is 5.75 Å². The van der Waals surface area contributed by atoms with Gasteiger partial charge in [-0.1, -0.05) is 19.9 Å². The summed E-state index contributed by atoms with van der Waals surface area (Å²) in [7, 11) is 3.10. The van der Waals surface area contributed by atoms with E-state index in [1.807, 2.05) is 13.8 Å². The van der Waals surface area contributed by atoms with E-state index in [0.717, 1.165) is 0 Å². The Morgan fingerprint density at radius 1 is 1.06 bits per heavy atom. The van der Waals surface area contributed by atoms with Crippen molar-refractivity contribution in [2.45, 2.75) is 32.7 Å². The molecule has 1 amide bonds. The molecule has 0 saturated carbocycles. The minimum atomic E-state index is -0.772. The molecule has 0 aliphatic rings. The van der Waals surface area contributed by atoms with Crippen LogP contribution in [0, 0.1) is 5.92 Å². The first-order chi connectivity index (χ1) is 15.6. The second-order valence-corrected chi connectivity index (χ2v) is 8.35. The third kappa shape index (κ3) is 4.97. The number of phenolic OH excluding ortho intramolecular Hbond substituents is 1. The fourth-order valence-corrected chi connectivity index (χ4v) is 3.47. The third-order valence-electron chi connectivity index (χ3n) is 5.35. The summed E-state index contributed by atoms with van der Waals surface area (Å²) in [5.74, 6) is -0.348. The summed E-state index contributed by atoms with van der Waals surface area (Å²) in [4.78, 5) is 50.9. The van der Waals surface area contributed by atoms with Gasteiger partial charge in [-0.05, 0) is 30.2 Å². The summed E-state index contributed by atoms with van der Waals surface area (Å²) in [5.41, 5.74) is -1.45. The van der Waals surface area contributed by atoms with Crippen LogP contribution in [0.3, 0.4) is 0 Å². The van der Waals surface area contributed by atoms with Crippen molar-refractivity contribution in [2.24, 2.45) is 5.92 Å². The van der Waals surface area contributed by atoms with E-state index in [2.05, 4.69) is 10.6 Å². The van der Waals surface area contributed by atoms with Crippen molar-refractivity contribution in [3.05, 3.63) is 68.4 Å². The molecule has 0 radical (unpaired) electrons. The Morgan fingerprint density at radius 2 is 1.76 bits per heavy atom. The number of aromatic hydroxyl groups is 1. The summed E-state index contributed by atoms with van der Waals surface area (Å²) >= 11 is 0. The number of benzene rings is 1. The van der Waals surface area contributed by atoms with Crippen LogP contribution in [0.1, 0.15) is 36.4 Å². The predicted molar refractivity (Wildman–Crippen MR) is 125 cm³/mol. The normalized spacial score (nSPS) is 12.0. The van der Waals surface area contributed by atoms with Crippen LogP contribution in [-0.2, 0) is 11.2 Å². The number of carbonyl (C=O) groups is 2. The van der Waals surface area contributed by atoms with E-state index in [1.165, 1.54) is 23.3 Å². The predicted octanol–water partition coefficient (Wildman–Crippen LogP) is 2.67. The molecular formula is C24H27N3O6. The topological polar surface area (TPSA) is 129 Å². The van der Waals surface area contributed by atoms with Crippen molar-refractivity contribution in [1.82, 2.24) is 4.90 Å². The minimum absolute atomic E-state index is 0.0196. The lowest BCUT2D eigenvalue weighted by Gasteiger charge is -2.25. The third-order valence-corrected chi connectivity index (χ3v) is 5.35. The average Bonchev–Trinajstić information content (AvgIpc) is 3.30. The van der Waals surface area contributed by atoms with Gasteiger partial charge in [0.15, 0.2) is 11.5 Å². The molecule has 0 spiro atoms. The lowest BCUT2D eigenvalue weighted by atomic mass is 9.95. The number of aryl methyl sites for hydroxylation is 1. The molecule has 1 aromatic heterocycles. The van der Waals surface area contributed by atoms with Crippen LogP contribution in [0.25, 0.3) is 0 Å². The Morgan fingerprint density at radius 3 is 2.36 bits per heavy atom. The van der Waals surface area contributed by atoms with Crippen molar-refractivity contribution in [1.29, 1.82) is 0 Å². The highest BCUT2D eigenvalue weighted by Crippen LogP contribution is 2.32. The summed E-state index contributed by atoms with van der Waals surface area (Å²) in [6, 6.07) is 7.32. The summed E-state index contributed by atoms with van der Waals surface area (Å²) < 4.78 is 5.26. The van der Waals surface area contributed by atoms with Gasteiger partial charge in [0.25, 0.3) is 16.8 Å². The molecule has 3 N–H and O–H groups in total. The van der Waals surface area contributed by atoms with Crippen LogP contribution in [0.15, 0.2) is 50.6 Å². The lowest BCUT2D eigenvalue weighted by molar-refractivity contribution is -0.120. The molecule has 0 aliphatic carbocycles. The highest BCUT2D eigenvalue weighted by molar-refractivity contribution is 5.99. The van der Waals surface area contributed by atoms with Gasteiger partial charge >= 0.3 is 0 Å². The second kappa shape index (κ2) is 9.72. The molecule has 1 heterocycles. The van der Waals surface area contributed by atoms with Crippen LogP contribution >= 0.6 is 0 Å². The number of ketones is 1. The fourth-order valence-electron chi connectivity index (χ4n) is 3.47. The molecule has 2 aromatic carbocycles.